The molecule has 0 spiro atoms. The number of nitro groups is 1. The van der Waals surface area contributed by atoms with E-state index in [-0.39, 0.29) is 17.6 Å². The van der Waals surface area contributed by atoms with Crippen molar-refractivity contribution in [1.82, 2.24) is 14.8 Å². The number of nitro benzene ring substituents is 1. The number of nitrogens with zero attached hydrogens (tertiary/aromatic N) is 4. The molecule has 0 aliphatic rings. The maximum Gasteiger partial charge on any atom is 0.270 e. The van der Waals surface area contributed by atoms with Crippen molar-refractivity contribution in [3.63, 3.8) is 0 Å². The van der Waals surface area contributed by atoms with Crippen molar-refractivity contribution >= 4 is 17.3 Å². The predicted molar refractivity (Wildman–Crippen MR) is 76.8 cm³/mol. The van der Waals surface area contributed by atoms with E-state index < -0.39 is 4.92 Å². The van der Waals surface area contributed by atoms with Gasteiger partial charge in [-0.25, -0.2) is 0 Å². The van der Waals surface area contributed by atoms with E-state index in [2.05, 4.69) is 10.2 Å². The first-order valence-electron chi connectivity index (χ1n) is 6.20. The maximum absolute atomic E-state index is 11.0. The van der Waals surface area contributed by atoms with Crippen LogP contribution < -0.4 is 0 Å². The van der Waals surface area contributed by atoms with E-state index in [1.165, 1.54) is 12.1 Å². The molecule has 0 fully saturated rings. The molecule has 0 saturated heterocycles. The number of alkyl halides is 1. The molecule has 0 bridgehead atoms. The summed E-state index contributed by atoms with van der Waals surface area (Å²) in [7, 11) is 0. The number of aromatic nitrogens is 3. The molecule has 0 saturated carbocycles. The zero-order valence-corrected chi connectivity index (χ0v) is 12.3. The van der Waals surface area contributed by atoms with E-state index in [1.54, 1.807) is 0 Å². The second-order valence-electron chi connectivity index (χ2n) is 4.85. The van der Waals surface area contributed by atoms with Crippen LogP contribution in [-0.2, 0) is 5.88 Å². The van der Waals surface area contributed by atoms with Crippen molar-refractivity contribution in [3.05, 3.63) is 39.7 Å². The van der Waals surface area contributed by atoms with Crippen LogP contribution in [0.2, 0.25) is 0 Å². The van der Waals surface area contributed by atoms with Gasteiger partial charge in [-0.1, -0.05) is 0 Å². The van der Waals surface area contributed by atoms with Crippen molar-refractivity contribution < 1.29 is 4.92 Å². The lowest BCUT2D eigenvalue weighted by molar-refractivity contribution is -0.384. The standard InChI is InChI=1S/C13H15ClN4O2/c1-8(2)17-12(7-14)15-16-13(17)10-4-9(3)5-11(6-10)18(19)20/h4-6,8H,7H2,1-3H3. The van der Waals surface area contributed by atoms with Crippen molar-refractivity contribution in [2.45, 2.75) is 32.7 Å². The summed E-state index contributed by atoms with van der Waals surface area (Å²) < 4.78 is 1.89. The second kappa shape index (κ2) is 5.58. The van der Waals surface area contributed by atoms with Crippen LogP contribution in [0.1, 0.15) is 31.3 Å². The van der Waals surface area contributed by atoms with Gasteiger partial charge in [0.25, 0.3) is 5.69 Å². The van der Waals surface area contributed by atoms with Gasteiger partial charge >= 0.3 is 0 Å². The molecule has 7 heteroatoms. The van der Waals surface area contributed by atoms with Crippen molar-refractivity contribution in [2.24, 2.45) is 0 Å². The molecular formula is C13H15ClN4O2. The number of halogens is 1. The van der Waals surface area contributed by atoms with Gasteiger partial charge in [-0.05, 0) is 32.4 Å². The molecule has 0 unspecified atom stereocenters. The quantitative estimate of drug-likeness (QED) is 0.491. The molecule has 1 aromatic heterocycles. The largest absolute Gasteiger partial charge is 0.307 e. The molecule has 0 radical (unpaired) electrons. The molecule has 0 atom stereocenters. The maximum atomic E-state index is 11.0. The van der Waals surface area contributed by atoms with Crippen LogP contribution in [0.15, 0.2) is 18.2 Å². The van der Waals surface area contributed by atoms with Crippen LogP contribution in [0.25, 0.3) is 11.4 Å². The summed E-state index contributed by atoms with van der Waals surface area (Å²) in [4.78, 5) is 10.6. The highest BCUT2D eigenvalue weighted by atomic mass is 35.5. The summed E-state index contributed by atoms with van der Waals surface area (Å²) in [6.07, 6.45) is 0. The predicted octanol–water partition coefficient (Wildman–Crippen LogP) is 3.48. The molecule has 106 valence electrons. The molecule has 0 aliphatic heterocycles. The second-order valence-corrected chi connectivity index (χ2v) is 5.12. The lowest BCUT2D eigenvalue weighted by Gasteiger charge is -2.13. The van der Waals surface area contributed by atoms with E-state index in [0.29, 0.717) is 17.2 Å². The van der Waals surface area contributed by atoms with Crippen LogP contribution >= 0.6 is 11.6 Å². The Bertz CT molecular complexity index is 652. The number of benzene rings is 1. The van der Waals surface area contributed by atoms with Gasteiger partial charge in [-0.3, -0.25) is 10.1 Å². The molecule has 2 rings (SSSR count). The normalized spacial score (nSPS) is 11.1. The van der Waals surface area contributed by atoms with E-state index >= 15 is 0 Å². The van der Waals surface area contributed by atoms with E-state index in [4.69, 9.17) is 11.6 Å². The van der Waals surface area contributed by atoms with Gasteiger partial charge in [0.2, 0.25) is 0 Å². The Labute approximate surface area is 121 Å². The highest BCUT2D eigenvalue weighted by Crippen LogP contribution is 2.27. The first-order valence-corrected chi connectivity index (χ1v) is 6.73. The molecule has 0 amide bonds. The lowest BCUT2D eigenvalue weighted by Crippen LogP contribution is -2.07. The topological polar surface area (TPSA) is 73.8 Å². The van der Waals surface area contributed by atoms with Crippen molar-refractivity contribution in [1.29, 1.82) is 0 Å². The minimum Gasteiger partial charge on any atom is -0.307 e. The summed E-state index contributed by atoms with van der Waals surface area (Å²) in [6, 6.07) is 5.01. The Hall–Kier alpha value is -1.95. The number of aryl methyl sites for hydroxylation is 1. The number of rotatable bonds is 4. The van der Waals surface area contributed by atoms with Crippen LogP contribution in [0, 0.1) is 17.0 Å². The summed E-state index contributed by atoms with van der Waals surface area (Å²) in [6.45, 7) is 5.80. The molecule has 0 aliphatic carbocycles. The van der Waals surface area contributed by atoms with Crippen molar-refractivity contribution in [2.75, 3.05) is 0 Å². The van der Waals surface area contributed by atoms with E-state index in [9.17, 15) is 10.1 Å². The van der Waals surface area contributed by atoms with E-state index in [0.717, 1.165) is 5.56 Å². The molecule has 6 nitrogen and oxygen atoms in total. The van der Waals surface area contributed by atoms with Crippen LogP contribution in [0.5, 0.6) is 0 Å². The minimum atomic E-state index is -0.408. The van der Waals surface area contributed by atoms with Gasteiger partial charge in [0.1, 0.15) is 5.82 Å². The van der Waals surface area contributed by atoms with Crippen molar-refractivity contribution in [3.8, 4) is 11.4 Å². The fraction of sp³-hybridized carbons (Fsp3) is 0.385. The molecule has 1 heterocycles. The van der Waals surface area contributed by atoms with Gasteiger partial charge < -0.3 is 4.57 Å². The third kappa shape index (κ3) is 2.65. The van der Waals surface area contributed by atoms with Crippen LogP contribution in [-0.4, -0.2) is 19.7 Å². The Kier molecular flexibility index (Phi) is 4.04. The van der Waals surface area contributed by atoms with Crippen LogP contribution in [0.4, 0.5) is 5.69 Å². The molecule has 20 heavy (non-hydrogen) atoms. The minimum absolute atomic E-state index is 0.0470. The Morgan fingerprint density at radius 1 is 1.35 bits per heavy atom. The number of hydrogen-bond donors (Lipinski definition) is 0. The molecular weight excluding hydrogens is 280 g/mol. The van der Waals surface area contributed by atoms with Gasteiger partial charge in [-0.15, -0.1) is 21.8 Å². The van der Waals surface area contributed by atoms with Gasteiger partial charge in [0, 0.05) is 23.7 Å². The van der Waals surface area contributed by atoms with Crippen LogP contribution in [0.3, 0.4) is 0 Å². The SMILES string of the molecule is Cc1cc(-c2nnc(CCl)n2C(C)C)cc([N+](=O)[O-])c1. The molecule has 2 aromatic rings. The third-order valence-corrected chi connectivity index (χ3v) is 3.17. The summed E-state index contributed by atoms with van der Waals surface area (Å²) >= 11 is 5.86. The summed E-state index contributed by atoms with van der Waals surface area (Å²) in [5.41, 5.74) is 1.53. The Balaban J connectivity index is 2.62. The van der Waals surface area contributed by atoms with Gasteiger partial charge in [0.15, 0.2) is 5.82 Å². The number of non-ortho nitro benzene ring substituents is 1. The van der Waals surface area contributed by atoms with Gasteiger partial charge in [0.05, 0.1) is 10.8 Å². The molecule has 0 N–H and O–H groups in total. The Morgan fingerprint density at radius 3 is 2.60 bits per heavy atom. The first kappa shape index (κ1) is 14.5. The average molecular weight is 295 g/mol. The fourth-order valence-corrected chi connectivity index (χ4v) is 2.33. The summed E-state index contributed by atoms with van der Waals surface area (Å²) in [5.74, 6) is 1.50. The zero-order valence-electron chi connectivity index (χ0n) is 11.5. The highest BCUT2D eigenvalue weighted by molar-refractivity contribution is 6.16. The monoisotopic (exact) mass is 294 g/mol. The smallest absolute Gasteiger partial charge is 0.270 e. The lowest BCUT2D eigenvalue weighted by atomic mass is 10.1. The number of hydrogen-bond acceptors (Lipinski definition) is 4. The van der Waals surface area contributed by atoms with Gasteiger partial charge in [-0.2, -0.15) is 0 Å². The van der Waals surface area contributed by atoms with E-state index in [1.807, 2.05) is 31.4 Å². The average Bonchev–Trinajstić information content (AvgIpc) is 2.81. The molecule has 1 aromatic carbocycles. The highest BCUT2D eigenvalue weighted by Gasteiger charge is 2.18. The zero-order chi connectivity index (χ0) is 14.9. The summed E-state index contributed by atoms with van der Waals surface area (Å²) in [5, 5.41) is 19.1. The fourth-order valence-electron chi connectivity index (χ4n) is 2.15. The first-order chi connectivity index (χ1) is 9.43. The third-order valence-electron chi connectivity index (χ3n) is 2.93. The Morgan fingerprint density at radius 2 is 2.05 bits per heavy atom.